The number of sulfonamides is 1. The molecule has 0 amide bonds. The quantitative estimate of drug-likeness (QED) is 0.612. The molecule has 0 N–H and O–H groups in total. The van der Waals surface area contributed by atoms with Gasteiger partial charge < -0.3 is 4.90 Å². The van der Waals surface area contributed by atoms with E-state index >= 15 is 0 Å². The van der Waals surface area contributed by atoms with E-state index < -0.39 is 26.5 Å². The Morgan fingerprint density at radius 1 is 1.29 bits per heavy atom. The zero-order valence-corrected chi connectivity index (χ0v) is 12.3. The Morgan fingerprint density at radius 3 is 2.38 bits per heavy atom. The minimum Gasteiger partial charge on any atom is -0.301 e. The van der Waals surface area contributed by atoms with Crippen LogP contribution in [0.25, 0.3) is 0 Å². The van der Waals surface area contributed by atoms with E-state index in [-0.39, 0.29) is 4.90 Å². The van der Waals surface area contributed by atoms with E-state index in [9.17, 15) is 22.9 Å². The summed E-state index contributed by atoms with van der Waals surface area (Å²) in [7, 11) is -3.81. The highest BCUT2D eigenvalue weighted by Crippen LogP contribution is 2.23. The van der Waals surface area contributed by atoms with Gasteiger partial charge in [-0.1, -0.05) is 6.92 Å². The van der Waals surface area contributed by atoms with Crippen molar-refractivity contribution in [2.75, 3.05) is 32.7 Å². The van der Waals surface area contributed by atoms with Crippen molar-refractivity contribution in [1.29, 1.82) is 0 Å². The number of likely N-dealkylation sites (N-methyl/N-ethyl adjacent to an activating group) is 1. The maximum atomic E-state index is 13.6. The van der Waals surface area contributed by atoms with Gasteiger partial charge in [0, 0.05) is 38.3 Å². The number of nitro groups is 1. The molecule has 9 heteroatoms. The number of rotatable bonds is 4. The summed E-state index contributed by atoms with van der Waals surface area (Å²) < 4.78 is 39.6. The van der Waals surface area contributed by atoms with Gasteiger partial charge in [-0.2, -0.15) is 8.70 Å². The van der Waals surface area contributed by atoms with Crippen molar-refractivity contribution >= 4 is 15.7 Å². The van der Waals surface area contributed by atoms with Crippen molar-refractivity contribution in [3.8, 4) is 0 Å². The molecule has 1 aliphatic rings. The van der Waals surface area contributed by atoms with E-state index in [2.05, 4.69) is 4.90 Å². The van der Waals surface area contributed by atoms with Crippen LogP contribution < -0.4 is 0 Å². The molecule has 0 unspecified atom stereocenters. The van der Waals surface area contributed by atoms with Crippen LogP contribution in [0, 0.1) is 15.9 Å². The van der Waals surface area contributed by atoms with Crippen molar-refractivity contribution in [1.82, 2.24) is 9.21 Å². The van der Waals surface area contributed by atoms with E-state index in [4.69, 9.17) is 0 Å². The molecule has 0 aliphatic carbocycles. The third-order valence-corrected chi connectivity index (χ3v) is 5.43. The van der Waals surface area contributed by atoms with E-state index in [1.807, 2.05) is 6.92 Å². The molecular formula is C12H16FN3O4S. The maximum absolute atomic E-state index is 13.6. The summed E-state index contributed by atoms with van der Waals surface area (Å²) in [5.74, 6) is -1.15. The molecule has 21 heavy (non-hydrogen) atoms. The summed E-state index contributed by atoms with van der Waals surface area (Å²) in [6.45, 7) is 4.73. The molecule has 0 atom stereocenters. The fraction of sp³-hybridized carbons (Fsp3) is 0.500. The van der Waals surface area contributed by atoms with Crippen LogP contribution in [0.4, 0.5) is 10.1 Å². The van der Waals surface area contributed by atoms with Gasteiger partial charge in [0.05, 0.1) is 9.82 Å². The van der Waals surface area contributed by atoms with Gasteiger partial charge in [0.15, 0.2) is 0 Å². The molecule has 1 saturated heterocycles. The van der Waals surface area contributed by atoms with Crippen LogP contribution in [-0.4, -0.2) is 55.3 Å². The monoisotopic (exact) mass is 317 g/mol. The minimum absolute atomic E-state index is 0.254. The van der Waals surface area contributed by atoms with Crippen molar-refractivity contribution in [2.45, 2.75) is 11.8 Å². The van der Waals surface area contributed by atoms with Crippen molar-refractivity contribution in [2.24, 2.45) is 0 Å². The SMILES string of the molecule is CCN1CCN(S(=O)(=O)c2ccc([N+](=O)[O-])c(F)c2)CC1. The van der Waals surface area contributed by atoms with E-state index in [1.165, 1.54) is 4.31 Å². The van der Waals surface area contributed by atoms with Crippen LogP contribution in [0.3, 0.4) is 0 Å². The number of hydrogen-bond acceptors (Lipinski definition) is 5. The molecule has 0 spiro atoms. The second-order valence-corrected chi connectivity index (χ2v) is 6.65. The second-order valence-electron chi connectivity index (χ2n) is 4.71. The van der Waals surface area contributed by atoms with E-state index in [0.29, 0.717) is 32.2 Å². The molecule has 7 nitrogen and oxygen atoms in total. The standard InChI is InChI=1S/C12H16FN3O4S/c1-2-14-5-7-15(8-6-14)21(19,20)10-3-4-12(16(17)18)11(13)9-10/h3-4,9H,2,5-8H2,1H3. The van der Waals surface area contributed by atoms with E-state index in [1.54, 1.807) is 0 Å². The summed E-state index contributed by atoms with van der Waals surface area (Å²) in [6, 6.07) is 2.66. The molecule has 1 fully saturated rings. The Hall–Kier alpha value is -1.58. The number of hydrogen-bond donors (Lipinski definition) is 0. The van der Waals surface area contributed by atoms with Crippen molar-refractivity contribution in [3.63, 3.8) is 0 Å². The zero-order chi connectivity index (χ0) is 15.6. The van der Waals surface area contributed by atoms with Crippen LogP contribution in [0.5, 0.6) is 0 Å². The second kappa shape index (κ2) is 6.04. The minimum atomic E-state index is -3.81. The number of nitro benzene ring substituents is 1. The smallest absolute Gasteiger partial charge is 0.301 e. The Labute approximate surface area is 122 Å². The zero-order valence-electron chi connectivity index (χ0n) is 11.5. The lowest BCUT2D eigenvalue weighted by atomic mass is 10.3. The van der Waals surface area contributed by atoms with Gasteiger partial charge in [-0.05, 0) is 12.6 Å². The summed E-state index contributed by atoms with van der Waals surface area (Å²) in [4.78, 5) is 11.5. The van der Waals surface area contributed by atoms with Crippen molar-refractivity contribution < 1.29 is 17.7 Å². The Bertz CT molecular complexity index is 642. The van der Waals surface area contributed by atoms with Gasteiger partial charge >= 0.3 is 5.69 Å². The van der Waals surface area contributed by atoms with Crippen LogP contribution in [-0.2, 0) is 10.0 Å². The highest BCUT2D eigenvalue weighted by molar-refractivity contribution is 7.89. The van der Waals surface area contributed by atoms with Crippen LogP contribution in [0.15, 0.2) is 23.1 Å². The maximum Gasteiger partial charge on any atom is 0.304 e. The molecule has 0 aromatic heterocycles. The lowest BCUT2D eigenvalue weighted by Gasteiger charge is -2.33. The van der Waals surface area contributed by atoms with Gasteiger partial charge in [-0.3, -0.25) is 10.1 Å². The number of nitrogens with zero attached hydrogens (tertiary/aromatic N) is 3. The van der Waals surface area contributed by atoms with Gasteiger partial charge in [0.2, 0.25) is 15.8 Å². The Morgan fingerprint density at radius 2 is 1.90 bits per heavy atom. The highest BCUT2D eigenvalue weighted by Gasteiger charge is 2.29. The number of piperazine rings is 1. The molecule has 116 valence electrons. The molecule has 0 radical (unpaired) electrons. The largest absolute Gasteiger partial charge is 0.304 e. The lowest BCUT2D eigenvalue weighted by molar-refractivity contribution is -0.387. The third kappa shape index (κ3) is 3.20. The molecule has 0 bridgehead atoms. The van der Waals surface area contributed by atoms with Gasteiger partial charge in [0.1, 0.15) is 0 Å². The molecule has 1 aliphatic heterocycles. The van der Waals surface area contributed by atoms with Crippen LogP contribution in [0.2, 0.25) is 0 Å². The topological polar surface area (TPSA) is 83.8 Å². The van der Waals surface area contributed by atoms with Crippen molar-refractivity contribution in [3.05, 3.63) is 34.1 Å². The number of benzene rings is 1. The van der Waals surface area contributed by atoms with Gasteiger partial charge in [-0.15, -0.1) is 0 Å². The average Bonchev–Trinajstić information content (AvgIpc) is 2.46. The Kier molecular flexibility index (Phi) is 4.55. The predicted octanol–water partition coefficient (Wildman–Crippen LogP) is 1.06. The molecule has 1 aromatic carbocycles. The van der Waals surface area contributed by atoms with E-state index in [0.717, 1.165) is 18.7 Å². The molecule has 2 rings (SSSR count). The fourth-order valence-corrected chi connectivity index (χ4v) is 3.67. The van der Waals surface area contributed by atoms with Gasteiger partial charge in [-0.25, -0.2) is 8.42 Å². The predicted molar refractivity (Wildman–Crippen MR) is 73.9 cm³/mol. The highest BCUT2D eigenvalue weighted by atomic mass is 32.2. The molecule has 1 aromatic rings. The summed E-state index contributed by atoms with van der Waals surface area (Å²) in [6.07, 6.45) is 0. The van der Waals surface area contributed by atoms with Gasteiger partial charge in [0.25, 0.3) is 0 Å². The lowest BCUT2D eigenvalue weighted by Crippen LogP contribution is -2.48. The Balaban J connectivity index is 2.24. The fourth-order valence-electron chi connectivity index (χ4n) is 2.23. The summed E-state index contributed by atoms with van der Waals surface area (Å²) >= 11 is 0. The third-order valence-electron chi connectivity index (χ3n) is 3.53. The molecule has 0 saturated carbocycles. The average molecular weight is 317 g/mol. The first-order valence-electron chi connectivity index (χ1n) is 6.52. The summed E-state index contributed by atoms with van der Waals surface area (Å²) in [5.41, 5.74) is -0.732. The molecule has 1 heterocycles. The first-order chi connectivity index (χ1) is 9.86. The first-order valence-corrected chi connectivity index (χ1v) is 7.96. The molecular weight excluding hydrogens is 301 g/mol. The number of halogens is 1. The summed E-state index contributed by atoms with van der Waals surface area (Å²) in [5, 5.41) is 10.6. The normalized spacial score (nSPS) is 17.8. The van der Waals surface area contributed by atoms with Crippen LogP contribution in [0.1, 0.15) is 6.92 Å². The first kappa shape index (κ1) is 15.8. The van der Waals surface area contributed by atoms with Crippen LogP contribution >= 0.6 is 0 Å².